The van der Waals surface area contributed by atoms with Crippen molar-refractivity contribution in [3.63, 3.8) is 0 Å². The average molecular weight is 324 g/mol. The Morgan fingerprint density at radius 2 is 2.30 bits per heavy atom. The van der Waals surface area contributed by atoms with Gasteiger partial charge in [0.15, 0.2) is 5.69 Å². The monoisotopic (exact) mass is 324 g/mol. The lowest BCUT2D eigenvalue weighted by Crippen LogP contribution is -2.42. The van der Waals surface area contributed by atoms with E-state index in [0.29, 0.717) is 24.2 Å². The minimum Gasteiger partial charge on any atom is -0.440 e. The number of aryl methyl sites for hydroxylation is 2. The number of nitrogens with zero attached hydrogens (tertiary/aromatic N) is 3. The molecule has 1 unspecified atom stereocenters. The molecule has 8 heteroatoms. The predicted octanol–water partition coefficient (Wildman–Crippen LogP) is 2.69. The smallest absolute Gasteiger partial charge is 0.273 e. The van der Waals surface area contributed by atoms with Crippen molar-refractivity contribution in [2.45, 2.75) is 44.6 Å². The molecule has 0 radical (unpaired) electrons. The van der Waals surface area contributed by atoms with E-state index < -0.39 is 17.9 Å². The highest BCUT2D eigenvalue weighted by atomic mass is 19.3. The molecule has 0 aliphatic heterocycles. The molecule has 2 aromatic rings. The van der Waals surface area contributed by atoms with Crippen LogP contribution in [0.4, 0.5) is 8.78 Å². The molecule has 1 atom stereocenters. The van der Waals surface area contributed by atoms with Gasteiger partial charge in [0.25, 0.3) is 5.91 Å². The van der Waals surface area contributed by atoms with Crippen molar-refractivity contribution >= 4 is 5.91 Å². The number of alkyl halides is 2. The molecule has 1 N–H and O–H groups in total. The molecule has 2 heterocycles. The molecule has 0 saturated heterocycles. The zero-order chi connectivity index (χ0) is 16.6. The summed E-state index contributed by atoms with van der Waals surface area (Å²) in [6.45, 7) is 1.62. The summed E-state index contributed by atoms with van der Waals surface area (Å²) in [7, 11) is 1.76. The van der Waals surface area contributed by atoms with Crippen LogP contribution in [0, 0.1) is 6.92 Å². The third kappa shape index (κ3) is 3.40. The summed E-state index contributed by atoms with van der Waals surface area (Å²) >= 11 is 0. The van der Waals surface area contributed by atoms with E-state index in [1.54, 1.807) is 31.0 Å². The van der Waals surface area contributed by atoms with Gasteiger partial charge in [0.1, 0.15) is 5.76 Å². The van der Waals surface area contributed by atoms with E-state index in [0.717, 1.165) is 0 Å². The van der Waals surface area contributed by atoms with E-state index in [-0.39, 0.29) is 24.4 Å². The Kier molecular flexibility index (Phi) is 3.91. The number of amides is 1. The molecule has 2 aromatic heterocycles. The first-order valence-electron chi connectivity index (χ1n) is 7.49. The Balaban J connectivity index is 1.74. The Morgan fingerprint density at radius 1 is 1.52 bits per heavy atom. The van der Waals surface area contributed by atoms with E-state index in [2.05, 4.69) is 15.4 Å². The standard InChI is InChI=1S/C15H18F2N4O2/c1-9-12(20-14(23-9)10-7-18-21(2)8-10)13(22)19-11-4-3-5-15(16,17)6-11/h7-8,11H,3-6H2,1-2H3,(H,19,22). The van der Waals surface area contributed by atoms with Gasteiger partial charge in [-0.2, -0.15) is 5.10 Å². The van der Waals surface area contributed by atoms with E-state index >= 15 is 0 Å². The minimum atomic E-state index is -2.71. The molecule has 1 aliphatic rings. The molecule has 124 valence electrons. The maximum atomic E-state index is 13.4. The van der Waals surface area contributed by atoms with E-state index in [9.17, 15) is 13.6 Å². The summed E-state index contributed by atoms with van der Waals surface area (Å²) in [5, 5.41) is 6.66. The first-order chi connectivity index (χ1) is 10.8. The maximum absolute atomic E-state index is 13.4. The van der Waals surface area contributed by atoms with E-state index in [1.807, 2.05) is 0 Å². The Bertz CT molecular complexity index is 723. The fourth-order valence-electron chi connectivity index (χ4n) is 2.81. The van der Waals surface area contributed by atoms with Gasteiger partial charge < -0.3 is 9.73 Å². The third-order valence-electron chi connectivity index (χ3n) is 3.94. The number of rotatable bonds is 3. The molecule has 1 aliphatic carbocycles. The molecular weight excluding hydrogens is 306 g/mol. The zero-order valence-electron chi connectivity index (χ0n) is 13.0. The fraction of sp³-hybridized carbons (Fsp3) is 0.533. The number of hydrogen-bond acceptors (Lipinski definition) is 4. The fourth-order valence-corrected chi connectivity index (χ4v) is 2.81. The van der Waals surface area contributed by atoms with Crippen molar-refractivity contribution in [3.8, 4) is 11.5 Å². The molecule has 1 fully saturated rings. The van der Waals surface area contributed by atoms with Gasteiger partial charge in [-0.15, -0.1) is 0 Å². The van der Waals surface area contributed by atoms with Crippen molar-refractivity contribution in [2.75, 3.05) is 0 Å². The van der Waals surface area contributed by atoms with Crippen molar-refractivity contribution in [1.82, 2.24) is 20.1 Å². The summed E-state index contributed by atoms with van der Waals surface area (Å²) in [6.07, 6.45) is 3.80. The van der Waals surface area contributed by atoms with Gasteiger partial charge in [0, 0.05) is 32.1 Å². The highest BCUT2D eigenvalue weighted by Crippen LogP contribution is 2.33. The Hall–Kier alpha value is -2.25. The van der Waals surface area contributed by atoms with Gasteiger partial charge in [-0.05, 0) is 19.8 Å². The van der Waals surface area contributed by atoms with Crippen LogP contribution in [0.25, 0.3) is 11.5 Å². The van der Waals surface area contributed by atoms with Crippen molar-refractivity contribution in [2.24, 2.45) is 7.05 Å². The van der Waals surface area contributed by atoms with Crippen LogP contribution in [-0.4, -0.2) is 32.6 Å². The Labute approximate surface area is 131 Å². The number of hydrogen-bond donors (Lipinski definition) is 1. The normalized spacial score (nSPS) is 20.4. The van der Waals surface area contributed by atoms with Crippen LogP contribution in [-0.2, 0) is 7.05 Å². The molecule has 1 saturated carbocycles. The van der Waals surface area contributed by atoms with Gasteiger partial charge in [-0.25, -0.2) is 13.8 Å². The first kappa shape index (κ1) is 15.6. The largest absolute Gasteiger partial charge is 0.440 e. The van der Waals surface area contributed by atoms with Crippen LogP contribution in [0.15, 0.2) is 16.8 Å². The second-order valence-electron chi connectivity index (χ2n) is 5.95. The van der Waals surface area contributed by atoms with Crippen molar-refractivity contribution in [3.05, 3.63) is 23.8 Å². The first-order valence-corrected chi connectivity index (χ1v) is 7.49. The quantitative estimate of drug-likeness (QED) is 0.942. The van der Waals surface area contributed by atoms with Gasteiger partial charge in [0.2, 0.25) is 11.8 Å². The molecule has 23 heavy (non-hydrogen) atoms. The van der Waals surface area contributed by atoms with Crippen LogP contribution in [0.2, 0.25) is 0 Å². The lowest BCUT2D eigenvalue weighted by Gasteiger charge is -2.29. The van der Waals surface area contributed by atoms with Crippen LogP contribution in [0.5, 0.6) is 0 Å². The molecule has 1 amide bonds. The van der Waals surface area contributed by atoms with Crippen LogP contribution in [0.1, 0.15) is 41.9 Å². The van der Waals surface area contributed by atoms with Gasteiger partial charge in [0.05, 0.1) is 11.8 Å². The maximum Gasteiger partial charge on any atom is 0.273 e. The summed E-state index contributed by atoms with van der Waals surface area (Å²) in [5.74, 6) is -2.56. The minimum absolute atomic E-state index is 0.118. The van der Waals surface area contributed by atoms with Crippen LogP contribution in [0.3, 0.4) is 0 Å². The average Bonchev–Trinajstić information content (AvgIpc) is 3.03. The van der Waals surface area contributed by atoms with Crippen LogP contribution < -0.4 is 5.32 Å². The topological polar surface area (TPSA) is 73.0 Å². The highest BCUT2D eigenvalue weighted by molar-refractivity contribution is 5.93. The zero-order valence-corrected chi connectivity index (χ0v) is 13.0. The number of halogens is 2. The second-order valence-corrected chi connectivity index (χ2v) is 5.95. The van der Waals surface area contributed by atoms with Crippen LogP contribution >= 0.6 is 0 Å². The van der Waals surface area contributed by atoms with Gasteiger partial charge >= 0.3 is 0 Å². The molecule has 0 spiro atoms. The summed E-state index contributed by atoms with van der Waals surface area (Å²) in [6, 6.07) is -0.538. The van der Waals surface area contributed by atoms with E-state index in [4.69, 9.17) is 4.42 Å². The molecule has 3 rings (SSSR count). The van der Waals surface area contributed by atoms with E-state index in [1.165, 1.54) is 0 Å². The summed E-state index contributed by atoms with van der Waals surface area (Å²) in [4.78, 5) is 16.5. The van der Waals surface area contributed by atoms with Gasteiger partial charge in [-0.3, -0.25) is 9.48 Å². The molecule has 0 bridgehead atoms. The lowest BCUT2D eigenvalue weighted by atomic mass is 9.92. The molecule has 0 aromatic carbocycles. The summed E-state index contributed by atoms with van der Waals surface area (Å²) < 4.78 is 33.9. The number of nitrogens with one attached hydrogen (secondary N) is 1. The Morgan fingerprint density at radius 3 is 2.96 bits per heavy atom. The predicted molar refractivity (Wildman–Crippen MR) is 78.1 cm³/mol. The number of aromatic nitrogens is 3. The second kappa shape index (κ2) is 5.75. The number of carbonyl (C=O) groups excluding carboxylic acids is 1. The van der Waals surface area contributed by atoms with Crippen molar-refractivity contribution < 1.29 is 18.0 Å². The number of oxazole rings is 1. The van der Waals surface area contributed by atoms with Crippen molar-refractivity contribution in [1.29, 1.82) is 0 Å². The summed E-state index contributed by atoms with van der Waals surface area (Å²) in [5.41, 5.74) is 0.775. The van der Waals surface area contributed by atoms with Gasteiger partial charge in [-0.1, -0.05) is 0 Å². The third-order valence-corrected chi connectivity index (χ3v) is 3.94. The SMILES string of the molecule is Cc1oc(-c2cnn(C)c2)nc1C(=O)NC1CCCC(F)(F)C1. The number of carbonyl (C=O) groups is 1. The highest BCUT2D eigenvalue weighted by Gasteiger charge is 2.37. The molecule has 6 nitrogen and oxygen atoms in total. The lowest BCUT2D eigenvalue weighted by molar-refractivity contribution is -0.0429. The molecular formula is C15H18F2N4O2.